The highest BCUT2D eigenvalue weighted by Crippen LogP contribution is 2.17. The maximum absolute atomic E-state index is 11.5. The molecule has 2 fully saturated rings. The van der Waals surface area contributed by atoms with Crippen LogP contribution >= 0.6 is 24.0 Å². The third kappa shape index (κ3) is 8.40. The number of hydrogen-bond acceptors (Lipinski definition) is 5. The molecule has 2 N–H and O–H groups in total. The van der Waals surface area contributed by atoms with Gasteiger partial charge in [-0.15, -0.1) is 24.0 Å². The molecule has 0 bridgehead atoms. The number of nitrogens with one attached hydrogen (secondary N) is 2. The van der Waals surface area contributed by atoms with E-state index in [-0.39, 0.29) is 41.8 Å². The first-order valence-electron chi connectivity index (χ1n) is 8.87. The van der Waals surface area contributed by atoms with Crippen LogP contribution in [0.1, 0.15) is 20.3 Å². The van der Waals surface area contributed by atoms with E-state index < -0.39 is 9.84 Å². The highest BCUT2D eigenvalue weighted by molar-refractivity contribution is 14.0. The maximum Gasteiger partial charge on any atom is 0.191 e. The Morgan fingerprint density at radius 2 is 2.04 bits per heavy atom. The molecule has 0 aromatic heterocycles. The monoisotopic (exact) mass is 488 g/mol. The molecular formula is C16H33IN4O3S. The van der Waals surface area contributed by atoms with Crippen molar-refractivity contribution in [1.29, 1.82) is 0 Å². The van der Waals surface area contributed by atoms with Gasteiger partial charge < -0.3 is 15.4 Å². The van der Waals surface area contributed by atoms with Gasteiger partial charge in [0, 0.05) is 39.8 Å². The van der Waals surface area contributed by atoms with Crippen LogP contribution in [-0.2, 0) is 14.6 Å². The first-order valence-corrected chi connectivity index (χ1v) is 10.7. The minimum absolute atomic E-state index is 0. The smallest absolute Gasteiger partial charge is 0.191 e. The lowest BCUT2D eigenvalue weighted by Gasteiger charge is -2.34. The molecule has 2 heterocycles. The second-order valence-electron chi connectivity index (χ2n) is 7.25. The topological polar surface area (TPSA) is 83.0 Å². The summed E-state index contributed by atoms with van der Waals surface area (Å²) >= 11 is 0. The van der Waals surface area contributed by atoms with Crippen molar-refractivity contribution < 1.29 is 13.2 Å². The molecule has 0 saturated carbocycles. The number of nitrogens with zero attached hydrogens (tertiary/aromatic N) is 2. The summed E-state index contributed by atoms with van der Waals surface area (Å²) < 4.78 is 28.8. The zero-order valence-corrected chi connectivity index (χ0v) is 18.7. The van der Waals surface area contributed by atoms with Gasteiger partial charge in [0.1, 0.15) is 0 Å². The highest BCUT2D eigenvalue weighted by atomic mass is 127. The summed E-state index contributed by atoms with van der Waals surface area (Å²) in [5.74, 6) is 2.15. The number of aliphatic imine (C=N–C) groups is 1. The quantitative estimate of drug-likeness (QED) is 0.323. The Kier molecular flexibility index (Phi) is 9.97. The number of sulfone groups is 1. The fourth-order valence-corrected chi connectivity index (χ4v) is 5.15. The van der Waals surface area contributed by atoms with E-state index in [1.165, 1.54) is 0 Å². The zero-order valence-electron chi connectivity index (χ0n) is 15.5. The summed E-state index contributed by atoms with van der Waals surface area (Å²) in [6.45, 7) is 9.62. The van der Waals surface area contributed by atoms with Crippen LogP contribution in [0.3, 0.4) is 0 Å². The van der Waals surface area contributed by atoms with Crippen LogP contribution in [0, 0.1) is 11.8 Å². The Bertz CT molecular complexity index is 527. The molecule has 0 spiro atoms. The van der Waals surface area contributed by atoms with Crippen molar-refractivity contribution in [3.63, 3.8) is 0 Å². The van der Waals surface area contributed by atoms with Gasteiger partial charge in [0.05, 0.1) is 24.2 Å². The number of ether oxygens (including phenoxy) is 1. The lowest BCUT2D eigenvalue weighted by atomic mass is 10.1. The fraction of sp³-hybridized carbons (Fsp3) is 0.938. The van der Waals surface area contributed by atoms with Gasteiger partial charge in [-0.2, -0.15) is 0 Å². The molecule has 7 nitrogen and oxygen atoms in total. The van der Waals surface area contributed by atoms with Crippen LogP contribution in [-0.4, -0.2) is 83.3 Å². The van der Waals surface area contributed by atoms with Gasteiger partial charge >= 0.3 is 0 Å². The maximum atomic E-state index is 11.5. The van der Waals surface area contributed by atoms with E-state index >= 15 is 0 Å². The molecule has 0 amide bonds. The van der Waals surface area contributed by atoms with E-state index in [0.29, 0.717) is 30.7 Å². The van der Waals surface area contributed by atoms with E-state index in [4.69, 9.17) is 4.74 Å². The van der Waals surface area contributed by atoms with Crippen LogP contribution in [0.5, 0.6) is 0 Å². The van der Waals surface area contributed by atoms with Crippen LogP contribution in [0.2, 0.25) is 0 Å². The summed E-state index contributed by atoms with van der Waals surface area (Å²) in [4.78, 5) is 6.66. The van der Waals surface area contributed by atoms with Crippen molar-refractivity contribution in [3.8, 4) is 0 Å². The SMILES string of the molecule is CN=C(NCC1CCS(=O)(=O)C1)NCC1CN(CC(C)C)CCO1.I. The first-order chi connectivity index (χ1) is 11.4. The predicted octanol–water partition coefficient (Wildman–Crippen LogP) is 0.561. The minimum Gasteiger partial charge on any atom is -0.374 e. The number of hydrogen-bond donors (Lipinski definition) is 2. The van der Waals surface area contributed by atoms with Gasteiger partial charge in [0.15, 0.2) is 15.8 Å². The van der Waals surface area contributed by atoms with E-state index in [9.17, 15) is 8.42 Å². The van der Waals surface area contributed by atoms with Gasteiger partial charge in [-0.25, -0.2) is 8.42 Å². The average Bonchev–Trinajstić information content (AvgIpc) is 2.86. The van der Waals surface area contributed by atoms with Gasteiger partial charge in [0.2, 0.25) is 0 Å². The summed E-state index contributed by atoms with van der Waals surface area (Å²) in [5.41, 5.74) is 0. The Labute approximate surface area is 169 Å². The molecule has 25 heavy (non-hydrogen) atoms. The van der Waals surface area contributed by atoms with Crippen molar-refractivity contribution in [2.45, 2.75) is 26.4 Å². The summed E-state index contributed by atoms with van der Waals surface area (Å²) in [7, 11) is -1.09. The molecular weight excluding hydrogens is 455 g/mol. The number of rotatable bonds is 6. The Balaban J connectivity index is 0.00000312. The molecule has 2 atom stereocenters. The van der Waals surface area contributed by atoms with Crippen LogP contribution in [0.4, 0.5) is 0 Å². The Morgan fingerprint density at radius 3 is 2.64 bits per heavy atom. The summed E-state index contributed by atoms with van der Waals surface area (Å²) in [6.07, 6.45) is 0.894. The molecule has 2 rings (SSSR count). The normalized spacial score (nSPS) is 27.1. The van der Waals surface area contributed by atoms with Gasteiger partial charge in [-0.3, -0.25) is 9.89 Å². The van der Waals surface area contributed by atoms with Crippen LogP contribution < -0.4 is 10.6 Å². The second-order valence-corrected chi connectivity index (χ2v) is 9.48. The molecule has 2 aliphatic rings. The zero-order chi connectivity index (χ0) is 17.6. The first kappa shape index (κ1) is 22.9. The van der Waals surface area contributed by atoms with Crippen LogP contribution in [0.15, 0.2) is 4.99 Å². The summed E-state index contributed by atoms with van der Waals surface area (Å²) in [6, 6.07) is 0. The molecule has 0 radical (unpaired) electrons. The molecule has 148 valence electrons. The van der Waals surface area contributed by atoms with E-state index in [1.807, 2.05) is 0 Å². The van der Waals surface area contributed by atoms with E-state index in [0.717, 1.165) is 32.7 Å². The summed E-state index contributed by atoms with van der Waals surface area (Å²) in [5, 5.41) is 6.53. The van der Waals surface area contributed by atoms with Crippen molar-refractivity contribution in [2.75, 3.05) is 57.9 Å². The van der Waals surface area contributed by atoms with Crippen LogP contribution in [0.25, 0.3) is 0 Å². The van der Waals surface area contributed by atoms with E-state index in [1.54, 1.807) is 7.05 Å². The fourth-order valence-electron chi connectivity index (χ4n) is 3.29. The van der Waals surface area contributed by atoms with Gasteiger partial charge in [-0.05, 0) is 18.3 Å². The standard InChI is InChI=1S/C16H32N4O3S.HI/c1-13(2)10-20-5-6-23-15(11-20)9-19-16(17-3)18-8-14-4-7-24(21,22)12-14;/h13-15H,4-12H2,1-3H3,(H2,17,18,19);1H. The molecule has 0 aromatic carbocycles. The van der Waals surface area contributed by atoms with E-state index in [2.05, 4.69) is 34.4 Å². The molecule has 9 heteroatoms. The van der Waals surface area contributed by atoms with Gasteiger partial charge in [0.25, 0.3) is 0 Å². The number of morpholine rings is 1. The van der Waals surface area contributed by atoms with Crippen molar-refractivity contribution in [2.24, 2.45) is 16.8 Å². The third-order valence-corrected chi connectivity index (χ3v) is 6.29. The third-order valence-electron chi connectivity index (χ3n) is 4.45. The Morgan fingerprint density at radius 1 is 1.32 bits per heavy atom. The minimum atomic E-state index is -2.82. The molecule has 0 aromatic rings. The van der Waals surface area contributed by atoms with Crippen molar-refractivity contribution in [3.05, 3.63) is 0 Å². The molecule has 0 aliphatic carbocycles. The Hall–Kier alpha value is -0.130. The highest BCUT2D eigenvalue weighted by Gasteiger charge is 2.28. The molecule has 2 aliphatic heterocycles. The van der Waals surface area contributed by atoms with Gasteiger partial charge in [-0.1, -0.05) is 13.8 Å². The predicted molar refractivity (Wildman–Crippen MR) is 113 cm³/mol. The second kappa shape index (κ2) is 10.9. The molecule has 2 saturated heterocycles. The lowest BCUT2D eigenvalue weighted by Crippen LogP contribution is -2.50. The lowest BCUT2D eigenvalue weighted by molar-refractivity contribution is -0.0284. The number of halogens is 1. The van der Waals surface area contributed by atoms with Crippen molar-refractivity contribution in [1.82, 2.24) is 15.5 Å². The van der Waals surface area contributed by atoms with Crippen molar-refractivity contribution >= 4 is 39.8 Å². The number of guanidine groups is 1. The molecule has 2 unspecified atom stereocenters. The average molecular weight is 488 g/mol. The largest absolute Gasteiger partial charge is 0.374 e.